The number of fused-ring (bicyclic) bond motifs is 14. The number of para-hydroxylation sites is 4. The second kappa shape index (κ2) is 11.2. The SMILES string of the molecule is N#Cc1cc(-n2c3ccccc3c3ccc4oc5ccccc5c4c32)c(-c2c(F)cccc2F)cc1-n1c2ccccc2c2ccc3oc4ccccc4c3c21. The van der Waals surface area contributed by atoms with Gasteiger partial charge in [-0.15, -0.1) is 0 Å². The number of hydrogen-bond acceptors (Lipinski definition) is 3. The van der Waals surface area contributed by atoms with Gasteiger partial charge in [0.2, 0.25) is 0 Å². The van der Waals surface area contributed by atoms with Crippen LogP contribution in [0.1, 0.15) is 5.56 Å². The topological polar surface area (TPSA) is 59.9 Å². The molecule has 12 rings (SSSR count). The molecule has 5 nitrogen and oxygen atoms in total. The van der Waals surface area contributed by atoms with Gasteiger partial charge in [0.25, 0.3) is 0 Å². The molecule has 12 aromatic rings. The molecule has 0 aliphatic heterocycles. The number of nitriles is 1. The summed E-state index contributed by atoms with van der Waals surface area (Å²) in [6.07, 6.45) is 0. The second-order valence-electron chi connectivity index (χ2n) is 14.2. The Hall–Kier alpha value is -7.69. The summed E-state index contributed by atoms with van der Waals surface area (Å²) in [5, 5.41) is 18.6. The summed E-state index contributed by atoms with van der Waals surface area (Å²) in [7, 11) is 0. The van der Waals surface area contributed by atoms with Gasteiger partial charge in [-0.1, -0.05) is 78.9 Å². The molecule has 4 aromatic heterocycles. The predicted octanol–water partition coefficient (Wildman–Crippen LogP) is 13.5. The summed E-state index contributed by atoms with van der Waals surface area (Å²) >= 11 is 0. The first-order chi connectivity index (χ1) is 27.6. The highest BCUT2D eigenvalue weighted by Gasteiger charge is 2.27. The minimum absolute atomic E-state index is 0.192. The molecular formula is C49H25F2N3O2. The van der Waals surface area contributed by atoms with E-state index < -0.39 is 11.6 Å². The van der Waals surface area contributed by atoms with Crippen LogP contribution in [0.5, 0.6) is 0 Å². The van der Waals surface area contributed by atoms with Crippen LogP contribution in [0.15, 0.2) is 160 Å². The van der Waals surface area contributed by atoms with E-state index in [1.165, 1.54) is 18.2 Å². The average molecular weight is 726 g/mol. The number of nitrogens with zero attached hydrogens (tertiary/aromatic N) is 3. The molecule has 8 aromatic carbocycles. The largest absolute Gasteiger partial charge is 0.456 e. The zero-order valence-electron chi connectivity index (χ0n) is 29.3. The molecule has 0 saturated heterocycles. The summed E-state index contributed by atoms with van der Waals surface area (Å²) in [5.74, 6) is -1.43. The van der Waals surface area contributed by atoms with E-state index in [9.17, 15) is 5.26 Å². The van der Waals surface area contributed by atoms with Gasteiger partial charge in [0.05, 0.1) is 55.3 Å². The number of rotatable bonds is 3. The molecule has 0 N–H and O–H groups in total. The summed E-state index contributed by atoms with van der Waals surface area (Å²) < 4.78 is 49.5. The van der Waals surface area contributed by atoms with Gasteiger partial charge in [-0.25, -0.2) is 8.78 Å². The van der Waals surface area contributed by atoms with Crippen molar-refractivity contribution in [2.45, 2.75) is 0 Å². The van der Waals surface area contributed by atoms with Crippen molar-refractivity contribution in [3.63, 3.8) is 0 Å². The lowest BCUT2D eigenvalue weighted by molar-refractivity contribution is 0.589. The smallest absolute Gasteiger partial charge is 0.137 e. The molecule has 4 heterocycles. The van der Waals surface area contributed by atoms with Crippen molar-refractivity contribution >= 4 is 87.5 Å². The van der Waals surface area contributed by atoms with Crippen LogP contribution in [0.3, 0.4) is 0 Å². The monoisotopic (exact) mass is 725 g/mol. The van der Waals surface area contributed by atoms with Gasteiger partial charge >= 0.3 is 0 Å². The minimum Gasteiger partial charge on any atom is -0.456 e. The number of benzene rings is 8. The van der Waals surface area contributed by atoms with Crippen molar-refractivity contribution < 1.29 is 17.6 Å². The zero-order valence-corrected chi connectivity index (χ0v) is 29.3. The van der Waals surface area contributed by atoms with E-state index in [1.807, 2.05) is 124 Å². The summed E-state index contributed by atoms with van der Waals surface area (Å²) in [6, 6.07) is 49.7. The quantitative estimate of drug-likeness (QED) is 0.182. The molecular weight excluding hydrogens is 701 g/mol. The molecule has 7 heteroatoms. The molecule has 0 aliphatic rings. The highest BCUT2D eigenvalue weighted by Crippen LogP contribution is 2.46. The van der Waals surface area contributed by atoms with Crippen molar-refractivity contribution in [3.8, 4) is 28.6 Å². The maximum atomic E-state index is 16.4. The van der Waals surface area contributed by atoms with Crippen LogP contribution in [0.4, 0.5) is 8.78 Å². The van der Waals surface area contributed by atoms with Crippen LogP contribution in [-0.2, 0) is 0 Å². The molecule has 0 unspecified atom stereocenters. The highest BCUT2D eigenvalue weighted by molar-refractivity contribution is 6.26. The van der Waals surface area contributed by atoms with E-state index in [0.29, 0.717) is 28.1 Å². The lowest BCUT2D eigenvalue weighted by atomic mass is 9.98. The molecule has 0 atom stereocenters. The Morgan fingerprint density at radius 2 is 0.929 bits per heavy atom. The van der Waals surface area contributed by atoms with Crippen LogP contribution in [0, 0.1) is 23.0 Å². The fourth-order valence-electron chi connectivity index (χ4n) is 9.02. The zero-order chi connectivity index (χ0) is 37.2. The Bertz CT molecular complexity index is 3690. The van der Waals surface area contributed by atoms with Crippen LogP contribution in [-0.4, -0.2) is 9.13 Å². The van der Waals surface area contributed by atoms with Gasteiger partial charge in [0.15, 0.2) is 0 Å². The van der Waals surface area contributed by atoms with Crippen LogP contribution < -0.4 is 0 Å². The van der Waals surface area contributed by atoms with Gasteiger partial charge in [-0.2, -0.15) is 5.26 Å². The van der Waals surface area contributed by atoms with Gasteiger partial charge in [-0.3, -0.25) is 0 Å². The van der Waals surface area contributed by atoms with Crippen molar-refractivity contribution in [1.82, 2.24) is 9.13 Å². The van der Waals surface area contributed by atoms with Crippen LogP contribution >= 0.6 is 0 Å². The predicted molar refractivity (Wildman–Crippen MR) is 220 cm³/mol. The average Bonchev–Trinajstić information content (AvgIpc) is 3.98. The lowest BCUT2D eigenvalue weighted by Gasteiger charge is -2.19. The first kappa shape index (κ1) is 30.7. The van der Waals surface area contributed by atoms with Crippen molar-refractivity contribution in [2.75, 3.05) is 0 Å². The molecule has 262 valence electrons. The Morgan fingerprint density at radius 1 is 0.446 bits per heavy atom. The molecule has 0 amide bonds. The van der Waals surface area contributed by atoms with Crippen LogP contribution in [0.2, 0.25) is 0 Å². The molecule has 56 heavy (non-hydrogen) atoms. The normalized spacial score (nSPS) is 12.1. The van der Waals surface area contributed by atoms with E-state index in [2.05, 4.69) is 12.1 Å². The van der Waals surface area contributed by atoms with Gasteiger partial charge in [-0.05, 0) is 72.8 Å². The lowest BCUT2D eigenvalue weighted by Crippen LogP contribution is -2.05. The standard InChI is InChI=1S/C49H25F2N3O2/c50-35-14-9-15-36(51)45(35)34-25-39(53-37-16-5-1-10-28(37)30-20-22-43-46(48(30)53)32-12-3-7-18-41(32)55-43)27(26-52)24-40(34)54-38-17-6-2-11-29(38)31-21-23-44-47(49(31)54)33-13-4-8-19-42(33)56-44/h1-25H. The summed E-state index contributed by atoms with van der Waals surface area (Å²) in [4.78, 5) is 0. The van der Waals surface area contributed by atoms with E-state index in [4.69, 9.17) is 8.83 Å². The molecule has 0 aliphatic carbocycles. The van der Waals surface area contributed by atoms with E-state index in [-0.39, 0.29) is 11.1 Å². The van der Waals surface area contributed by atoms with E-state index in [0.717, 1.165) is 76.3 Å². The van der Waals surface area contributed by atoms with E-state index in [1.54, 1.807) is 12.1 Å². The summed E-state index contributed by atoms with van der Waals surface area (Å²) in [6.45, 7) is 0. The van der Waals surface area contributed by atoms with Crippen LogP contribution in [0.25, 0.3) is 110 Å². The minimum atomic E-state index is -0.716. The fraction of sp³-hybridized carbons (Fsp3) is 0. The molecule has 0 fully saturated rings. The Balaban J connectivity index is 1.30. The number of hydrogen-bond donors (Lipinski definition) is 0. The molecule has 0 bridgehead atoms. The first-order valence-corrected chi connectivity index (χ1v) is 18.3. The Morgan fingerprint density at radius 3 is 1.46 bits per heavy atom. The third-order valence-corrected chi connectivity index (χ3v) is 11.3. The van der Waals surface area contributed by atoms with Crippen molar-refractivity contribution in [3.05, 3.63) is 169 Å². The van der Waals surface area contributed by atoms with Crippen molar-refractivity contribution in [2.24, 2.45) is 0 Å². The molecule has 0 radical (unpaired) electrons. The number of aromatic nitrogens is 2. The third kappa shape index (κ3) is 3.99. The second-order valence-corrected chi connectivity index (χ2v) is 14.2. The number of halogens is 2. The first-order valence-electron chi connectivity index (χ1n) is 18.3. The third-order valence-electron chi connectivity index (χ3n) is 11.3. The molecule has 0 saturated carbocycles. The molecule has 0 spiro atoms. The maximum Gasteiger partial charge on any atom is 0.137 e. The number of furan rings is 2. The fourth-order valence-corrected chi connectivity index (χ4v) is 9.02. The highest BCUT2D eigenvalue weighted by atomic mass is 19.1. The van der Waals surface area contributed by atoms with E-state index >= 15 is 8.78 Å². The van der Waals surface area contributed by atoms with Crippen molar-refractivity contribution in [1.29, 1.82) is 5.26 Å². The van der Waals surface area contributed by atoms with Gasteiger partial charge in [0.1, 0.15) is 40.0 Å². The summed E-state index contributed by atoms with van der Waals surface area (Å²) in [5.41, 5.74) is 7.50. The Kier molecular flexibility index (Phi) is 6.13. The van der Waals surface area contributed by atoms with Gasteiger partial charge < -0.3 is 18.0 Å². The maximum absolute atomic E-state index is 16.4. The van der Waals surface area contributed by atoms with Gasteiger partial charge in [0, 0.05) is 37.9 Å². The Labute approximate surface area is 316 Å².